The number of carbonyl (C=O) groups excluding carboxylic acids is 2. The molecule has 1 saturated heterocycles. The second-order valence-corrected chi connectivity index (χ2v) is 7.04. The Morgan fingerprint density at radius 2 is 2.08 bits per heavy atom. The molecular weight excluding hydrogens is 352 g/mol. The molecule has 138 valence electrons. The maximum absolute atomic E-state index is 12.7. The van der Waals surface area contributed by atoms with Gasteiger partial charge in [-0.05, 0) is 43.0 Å². The number of halogens is 1. The van der Waals surface area contributed by atoms with Gasteiger partial charge in [0.2, 0.25) is 5.91 Å². The number of likely N-dealkylation sites (tertiary alicyclic amines) is 1. The van der Waals surface area contributed by atoms with Gasteiger partial charge in [-0.2, -0.15) is 0 Å². The van der Waals surface area contributed by atoms with E-state index < -0.39 is 0 Å². The zero-order valence-corrected chi connectivity index (χ0v) is 15.5. The first-order chi connectivity index (χ1) is 12.6. The van der Waals surface area contributed by atoms with Gasteiger partial charge in [-0.1, -0.05) is 30.7 Å². The summed E-state index contributed by atoms with van der Waals surface area (Å²) in [5, 5.41) is 3.80. The molecule has 26 heavy (non-hydrogen) atoms. The fourth-order valence-electron chi connectivity index (χ4n) is 3.35. The lowest BCUT2D eigenvalue weighted by atomic mass is 9.94. The van der Waals surface area contributed by atoms with Crippen LogP contribution in [0.15, 0.2) is 47.3 Å². The molecule has 0 radical (unpaired) electrons. The quantitative estimate of drug-likeness (QED) is 0.858. The third kappa shape index (κ3) is 4.28. The molecule has 0 saturated carbocycles. The highest BCUT2D eigenvalue weighted by Gasteiger charge is 2.29. The standard InChI is InChI=1S/C20H23ClN2O3/c1-2-18(15-4-3-5-17(21)12-15)22-19(24)14-6-9-23(10-7-14)20(25)16-8-11-26-13-16/h3-5,8,11-14,18H,2,6-7,9-10H2,1H3,(H,22,24). The van der Waals surface area contributed by atoms with Crippen LogP contribution in [0.5, 0.6) is 0 Å². The summed E-state index contributed by atoms with van der Waals surface area (Å²) in [6, 6.07) is 9.21. The fraction of sp³-hybridized carbons (Fsp3) is 0.400. The molecule has 2 heterocycles. The van der Waals surface area contributed by atoms with E-state index in [2.05, 4.69) is 5.32 Å². The van der Waals surface area contributed by atoms with E-state index in [4.69, 9.17) is 16.0 Å². The highest BCUT2D eigenvalue weighted by atomic mass is 35.5. The lowest BCUT2D eigenvalue weighted by molar-refractivity contribution is -0.127. The molecule has 5 nitrogen and oxygen atoms in total. The smallest absolute Gasteiger partial charge is 0.257 e. The molecule has 1 atom stereocenters. The number of nitrogens with zero attached hydrogens (tertiary/aromatic N) is 1. The summed E-state index contributed by atoms with van der Waals surface area (Å²) in [6.45, 7) is 3.20. The number of rotatable bonds is 5. The number of hydrogen-bond acceptors (Lipinski definition) is 3. The SMILES string of the molecule is CCC(NC(=O)C1CCN(C(=O)c2ccoc2)CC1)c1cccc(Cl)c1. The summed E-state index contributed by atoms with van der Waals surface area (Å²) < 4.78 is 4.97. The van der Waals surface area contributed by atoms with Crippen molar-refractivity contribution < 1.29 is 14.0 Å². The van der Waals surface area contributed by atoms with Gasteiger partial charge < -0.3 is 14.6 Å². The maximum Gasteiger partial charge on any atom is 0.257 e. The zero-order chi connectivity index (χ0) is 18.5. The molecule has 0 spiro atoms. The molecule has 1 aromatic carbocycles. The summed E-state index contributed by atoms with van der Waals surface area (Å²) in [7, 11) is 0. The van der Waals surface area contributed by atoms with Gasteiger partial charge >= 0.3 is 0 Å². The van der Waals surface area contributed by atoms with Gasteiger partial charge in [0.05, 0.1) is 17.9 Å². The lowest BCUT2D eigenvalue weighted by Gasteiger charge is -2.32. The Bertz CT molecular complexity index is 752. The van der Waals surface area contributed by atoms with E-state index in [1.54, 1.807) is 11.0 Å². The molecular formula is C20H23ClN2O3. The Morgan fingerprint density at radius 1 is 1.31 bits per heavy atom. The molecule has 0 bridgehead atoms. The molecule has 1 aromatic heterocycles. The highest BCUT2D eigenvalue weighted by molar-refractivity contribution is 6.30. The molecule has 2 amide bonds. The number of piperidine rings is 1. The van der Waals surface area contributed by atoms with Crippen molar-refractivity contribution >= 4 is 23.4 Å². The Morgan fingerprint density at radius 3 is 2.69 bits per heavy atom. The largest absolute Gasteiger partial charge is 0.472 e. The van der Waals surface area contributed by atoms with E-state index in [1.807, 2.05) is 31.2 Å². The second-order valence-electron chi connectivity index (χ2n) is 6.60. The Labute approximate surface area is 158 Å². The Kier molecular flexibility index (Phi) is 5.99. The third-order valence-electron chi connectivity index (χ3n) is 4.90. The van der Waals surface area contributed by atoms with Crippen molar-refractivity contribution in [3.63, 3.8) is 0 Å². The van der Waals surface area contributed by atoms with Crippen molar-refractivity contribution in [1.82, 2.24) is 10.2 Å². The predicted octanol–water partition coefficient (Wildman–Crippen LogP) is 4.05. The van der Waals surface area contributed by atoms with Crippen LogP contribution >= 0.6 is 11.6 Å². The third-order valence-corrected chi connectivity index (χ3v) is 5.13. The first-order valence-electron chi connectivity index (χ1n) is 8.95. The first kappa shape index (κ1) is 18.5. The topological polar surface area (TPSA) is 62.6 Å². The summed E-state index contributed by atoms with van der Waals surface area (Å²) in [5.41, 5.74) is 1.57. The number of carbonyl (C=O) groups is 2. The van der Waals surface area contributed by atoms with E-state index >= 15 is 0 Å². The van der Waals surface area contributed by atoms with Crippen LogP contribution in [-0.4, -0.2) is 29.8 Å². The van der Waals surface area contributed by atoms with E-state index in [1.165, 1.54) is 12.5 Å². The normalized spacial score (nSPS) is 16.3. The van der Waals surface area contributed by atoms with Crippen LogP contribution in [0.25, 0.3) is 0 Å². The van der Waals surface area contributed by atoms with Crippen LogP contribution in [0.3, 0.4) is 0 Å². The van der Waals surface area contributed by atoms with Gasteiger partial charge in [0.1, 0.15) is 6.26 Å². The van der Waals surface area contributed by atoms with Gasteiger partial charge in [0, 0.05) is 24.0 Å². The van der Waals surface area contributed by atoms with Crippen molar-refractivity contribution in [2.75, 3.05) is 13.1 Å². The molecule has 0 aliphatic carbocycles. The maximum atomic E-state index is 12.7. The molecule has 1 fully saturated rings. The summed E-state index contributed by atoms with van der Waals surface area (Å²) in [4.78, 5) is 26.8. The molecule has 1 N–H and O–H groups in total. The summed E-state index contributed by atoms with van der Waals surface area (Å²) >= 11 is 6.06. The van der Waals surface area contributed by atoms with Crippen molar-refractivity contribution in [2.45, 2.75) is 32.2 Å². The first-order valence-corrected chi connectivity index (χ1v) is 9.33. The highest BCUT2D eigenvalue weighted by Crippen LogP contribution is 2.24. The van der Waals surface area contributed by atoms with Crippen LogP contribution in [-0.2, 0) is 4.79 Å². The fourth-order valence-corrected chi connectivity index (χ4v) is 3.55. The summed E-state index contributed by atoms with van der Waals surface area (Å²) in [6.07, 6.45) is 5.08. The number of benzene rings is 1. The molecule has 1 unspecified atom stereocenters. The van der Waals surface area contributed by atoms with Crippen molar-refractivity contribution in [3.05, 3.63) is 59.0 Å². The molecule has 2 aromatic rings. The predicted molar refractivity (Wildman–Crippen MR) is 100.0 cm³/mol. The van der Waals surface area contributed by atoms with Gasteiger partial charge in [0.15, 0.2) is 0 Å². The monoisotopic (exact) mass is 374 g/mol. The number of hydrogen-bond donors (Lipinski definition) is 1. The van der Waals surface area contributed by atoms with Gasteiger partial charge in [-0.3, -0.25) is 9.59 Å². The molecule has 6 heteroatoms. The van der Waals surface area contributed by atoms with Crippen molar-refractivity contribution in [3.8, 4) is 0 Å². The van der Waals surface area contributed by atoms with Crippen LogP contribution < -0.4 is 5.32 Å². The lowest BCUT2D eigenvalue weighted by Crippen LogP contribution is -2.43. The van der Waals surface area contributed by atoms with Gasteiger partial charge in [-0.15, -0.1) is 0 Å². The zero-order valence-electron chi connectivity index (χ0n) is 14.8. The van der Waals surface area contributed by atoms with E-state index in [0.717, 1.165) is 12.0 Å². The molecule has 3 rings (SSSR count). The van der Waals surface area contributed by atoms with Crippen LogP contribution in [0.1, 0.15) is 48.1 Å². The van der Waals surface area contributed by atoms with Crippen molar-refractivity contribution in [1.29, 1.82) is 0 Å². The average molecular weight is 375 g/mol. The molecule has 1 aliphatic rings. The van der Waals surface area contributed by atoms with E-state index in [0.29, 0.717) is 36.5 Å². The van der Waals surface area contributed by atoms with Crippen LogP contribution in [0.4, 0.5) is 0 Å². The van der Waals surface area contributed by atoms with E-state index in [-0.39, 0.29) is 23.8 Å². The van der Waals surface area contributed by atoms with E-state index in [9.17, 15) is 9.59 Å². The van der Waals surface area contributed by atoms with Gasteiger partial charge in [0.25, 0.3) is 5.91 Å². The number of amides is 2. The second kappa shape index (κ2) is 8.41. The Hall–Kier alpha value is -2.27. The minimum Gasteiger partial charge on any atom is -0.472 e. The minimum absolute atomic E-state index is 0.0389. The average Bonchev–Trinajstić information content (AvgIpc) is 3.20. The Balaban J connectivity index is 1.55. The van der Waals surface area contributed by atoms with Crippen LogP contribution in [0.2, 0.25) is 5.02 Å². The molecule has 1 aliphatic heterocycles. The number of nitrogens with one attached hydrogen (secondary N) is 1. The minimum atomic E-state index is -0.0726. The van der Waals surface area contributed by atoms with Gasteiger partial charge in [-0.25, -0.2) is 0 Å². The van der Waals surface area contributed by atoms with Crippen molar-refractivity contribution in [2.24, 2.45) is 5.92 Å². The summed E-state index contributed by atoms with van der Waals surface area (Å²) in [5.74, 6) is -0.0631. The number of furan rings is 1. The van der Waals surface area contributed by atoms with Crippen LogP contribution in [0, 0.1) is 5.92 Å².